The Labute approximate surface area is 180 Å². The maximum absolute atomic E-state index is 14.7. The predicted molar refractivity (Wildman–Crippen MR) is 110 cm³/mol. The van der Waals surface area contributed by atoms with Crippen molar-refractivity contribution < 1.29 is 23.0 Å². The Bertz CT molecular complexity index is 1370. The van der Waals surface area contributed by atoms with E-state index in [1.165, 1.54) is 31.8 Å². The van der Waals surface area contributed by atoms with Crippen LogP contribution in [0.2, 0.25) is 0 Å². The molecule has 1 N–H and O–H groups in total. The lowest BCUT2D eigenvalue weighted by atomic mass is 9.96. The van der Waals surface area contributed by atoms with Gasteiger partial charge < -0.3 is 19.5 Å². The molecule has 0 fully saturated rings. The molecule has 5 heterocycles. The molecule has 1 aromatic carbocycles. The molecule has 32 heavy (non-hydrogen) atoms. The fraction of sp³-hybridized carbons (Fsp3) is 0.227. The van der Waals surface area contributed by atoms with Crippen molar-refractivity contribution in [2.24, 2.45) is 0 Å². The maximum atomic E-state index is 14.7. The van der Waals surface area contributed by atoms with Gasteiger partial charge in [0, 0.05) is 35.0 Å². The van der Waals surface area contributed by atoms with E-state index in [1.54, 1.807) is 16.5 Å². The Hall–Kier alpha value is -3.95. The number of hydrogen-bond donors (Lipinski definition) is 1. The summed E-state index contributed by atoms with van der Waals surface area (Å²) in [7, 11) is 1.36. The van der Waals surface area contributed by atoms with Gasteiger partial charge in [-0.15, -0.1) is 10.2 Å². The summed E-state index contributed by atoms with van der Waals surface area (Å²) in [6.45, 7) is 0.938. The van der Waals surface area contributed by atoms with Crippen LogP contribution >= 0.6 is 0 Å². The molecular formula is C22H17F2N5O3. The second-order valence-electron chi connectivity index (χ2n) is 7.62. The molecule has 0 saturated carbocycles. The molecule has 0 bridgehead atoms. The number of benzene rings is 1. The van der Waals surface area contributed by atoms with Gasteiger partial charge in [0.15, 0.2) is 23.0 Å². The zero-order chi connectivity index (χ0) is 21.8. The third-order valence-electron chi connectivity index (χ3n) is 5.83. The molecule has 0 spiro atoms. The first-order valence-electron chi connectivity index (χ1n) is 10.0. The summed E-state index contributed by atoms with van der Waals surface area (Å²) >= 11 is 0. The lowest BCUT2D eigenvalue weighted by Gasteiger charge is -2.16. The molecule has 1 atom stereocenters. The van der Waals surface area contributed by atoms with Crippen molar-refractivity contribution in [1.29, 1.82) is 0 Å². The van der Waals surface area contributed by atoms with Crippen LogP contribution in [0.4, 0.5) is 14.6 Å². The quantitative estimate of drug-likeness (QED) is 0.514. The lowest BCUT2D eigenvalue weighted by Crippen LogP contribution is -2.13. The van der Waals surface area contributed by atoms with Crippen molar-refractivity contribution in [2.75, 3.05) is 25.6 Å². The molecule has 2 aliphatic heterocycles. The number of fused-ring (bicyclic) bond motifs is 3. The number of nitrogens with one attached hydrogen (secondary N) is 1. The van der Waals surface area contributed by atoms with E-state index in [0.29, 0.717) is 52.9 Å². The first-order valence-corrected chi connectivity index (χ1v) is 10.0. The third-order valence-corrected chi connectivity index (χ3v) is 5.83. The van der Waals surface area contributed by atoms with Gasteiger partial charge in [-0.2, -0.15) is 0 Å². The third kappa shape index (κ3) is 2.75. The summed E-state index contributed by atoms with van der Waals surface area (Å²) in [4.78, 5) is 4.02. The van der Waals surface area contributed by atoms with Crippen LogP contribution in [0.5, 0.6) is 17.4 Å². The average Bonchev–Trinajstić information content (AvgIpc) is 3.45. The standard InChI is InChI=1S/C22H17F2N5O3/c1-30-22-16(24)4-11(6-26-22)13-5-18-21(29-10-27-28-20(13)29)25-7-14-15(23)2-3-17-19(14)12(8-31-17)9-32-18/h2-6,10,12,25H,7-9H2,1H3/t12-/m1/s1. The minimum atomic E-state index is -0.591. The van der Waals surface area contributed by atoms with Crippen LogP contribution in [-0.2, 0) is 6.54 Å². The zero-order valence-electron chi connectivity index (χ0n) is 16.9. The fourth-order valence-corrected chi connectivity index (χ4v) is 4.32. The van der Waals surface area contributed by atoms with Crippen molar-refractivity contribution in [3.05, 3.63) is 59.6 Å². The van der Waals surface area contributed by atoms with Gasteiger partial charge in [0.05, 0.1) is 26.2 Å². The van der Waals surface area contributed by atoms with E-state index < -0.39 is 5.82 Å². The molecule has 0 amide bonds. The molecule has 0 aliphatic carbocycles. The molecule has 6 rings (SSSR count). The van der Waals surface area contributed by atoms with Crippen LogP contribution in [0.3, 0.4) is 0 Å². The van der Waals surface area contributed by atoms with Gasteiger partial charge in [0.1, 0.15) is 17.9 Å². The lowest BCUT2D eigenvalue weighted by molar-refractivity contribution is 0.249. The second kappa shape index (κ2) is 7.04. The number of ether oxygens (including phenoxy) is 3. The predicted octanol–water partition coefficient (Wildman–Crippen LogP) is 3.56. The molecule has 0 saturated heterocycles. The van der Waals surface area contributed by atoms with Crippen LogP contribution in [-0.4, -0.2) is 39.9 Å². The molecule has 8 nitrogen and oxygen atoms in total. The van der Waals surface area contributed by atoms with E-state index in [9.17, 15) is 8.78 Å². The van der Waals surface area contributed by atoms with E-state index in [1.807, 2.05) is 0 Å². The van der Waals surface area contributed by atoms with Crippen LogP contribution in [0.1, 0.15) is 17.0 Å². The Morgan fingerprint density at radius 3 is 2.78 bits per heavy atom. The summed E-state index contributed by atoms with van der Waals surface area (Å²) < 4.78 is 47.6. The van der Waals surface area contributed by atoms with Gasteiger partial charge in [-0.25, -0.2) is 13.8 Å². The number of pyridine rings is 2. The van der Waals surface area contributed by atoms with Gasteiger partial charge in [-0.05, 0) is 24.3 Å². The summed E-state index contributed by atoms with van der Waals surface area (Å²) in [5, 5.41) is 11.5. The number of nitrogens with zero attached hydrogens (tertiary/aromatic N) is 4. The number of methoxy groups -OCH3 is 1. The van der Waals surface area contributed by atoms with Crippen molar-refractivity contribution in [3.63, 3.8) is 0 Å². The van der Waals surface area contributed by atoms with E-state index in [-0.39, 0.29) is 24.2 Å². The molecule has 0 unspecified atom stereocenters. The smallest absolute Gasteiger partial charge is 0.250 e. The fourth-order valence-electron chi connectivity index (χ4n) is 4.32. The van der Waals surface area contributed by atoms with Crippen LogP contribution < -0.4 is 19.5 Å². The van der Waals surface area contributed by atoms with Crippen LogP contribution in [0, 0.1) is 11.6 Å². The monoisotopic (exact) mass is 437 g/mol. The number of anilines is 1. The van der Waals surface area contributed by atoms with Gasteiger partial charge in [-0.1, -0.05) is 0 Å². The van der Waals surface area contributed by atoms with Crippen molar-refractivity contribution in [3.8, 4) is 28.5 Å². The Kier molecular flexibility index (Phi) is 4.14. The Morgan fingerprint density at radius 2 is 1.97 bits per heavy atom. The molecule has 162 valence electrons. The number of halogens is 2. The highest BCUT2D eigenvalue weighted by atomic mass is 19.1. The highest BCUT2D eigenvalue weighted by molar-refractivity contribution is 5.81. The zero-order valence-corrected chi connectivity index (χ0v) is 16.9. The molecule has 3 aromatic heterocycles. The van der Waals surface area contributed by atoms with Crippen molar-refractivity contribution in [1.82, 2.24) is 19.6 Å². The Balaban J connectivity index is 1.50. The summed E-state index contributed by atoms with van der Waals surface area (Å²) in [5.74, 6) is 0.669. The topological polar surface area (TPSA) is 82.8 Å². The molecule has 2 aliphatic rings. The van der Waals surface area contributed by atoms with Crippen molar-refractivity contribution >= 4 is 11.5 Å². The maximum Gasteiger partial charge on any atom is 0.250 e. The minimum absolute atomic E-state index is 0.0938. The summed E-state index contributed by atoms with van der Waals surface area (Å²) in [6.07, 6.45) is 3.03. The highest BCUT2D eigenvalue weighted by Crippen LogP contribution is 2.42. The van der Waals surface area contributed by atoms with Crippen molar-refractivity contribution in [2.45, 2.75) is 12.5 Å². The van der Waals surface area contributed by atoms with Gasteiger partial charge >= 0.3 is 0 Å². The number of hydrogen-bond acceptors (Lipinski definition) is 7. The average molecular weight is 437 g/mol. The van der Waals surface area contributed by atoms with Gasteiger partial charge in [-0.3, -0.25) is 4.40 Å². The normalized spacial score (nSPS) is 16.7. The van der Waals surface area contributed by atoms with E-state index in [0.717, 1.165) is 5.56 Å². The minimum Gasteiger partial charge on any atom is -0.493 e. The van der Waals surface area contributed by atoms with Gasteiger partial charge in [0.25, 0.3) is 0 Å². The summed E-state index contributed by atoms with van der Waals surface area (Å²) in [5.41, 5.74) is 2.93. The largest absolute Gasteiger partial charge is 0.493 e. The number of aromatic nitrogens is 4. The van der Waals surface area contributed by atoms with E-state index >= 15 is 0 Å². The summed E-state index contributed by atoms with van der Waals surface area (Å²) in [6, 6.07) is 6.16. The van der Waals surface area contributed by atoms with E-state index in [4.69, 9.17) is 14.2 Å². The first kappa shape index (κ1) is 18.8. The SMILES string of the molecule is COc1ncc(-c2cc3c(n4cnnc24)NCc2c(F)ccc4c2[C@H](CO4)CO3)cc1F. The Morgan fingerprint density at radius 1 is 1.12 bits per heavy atom. The highest BCUT2D eigenvalue weighted by Gasteiger charge is 2.31. The van der Waals surface area contributed by atoms with Crippen LogP contribution in [0.15, 0.2) is 36.8 Å². The first-order chi connectivity index (χ1) is 15.6. The molecule has 4 aromatic rings. The molecule has 0 radical (unpaired) electrons. The van der Waals surface area contributed by atoms with Crippen LogP contribution in [0.25, 0.3) is 16.8 Å². The second-order valence-corrected chi connectivity index (χ2v) is 7.62. The number of rotatable bonds is 2. The van der Waals surface area contributed by atoms with E-state index in [2.05, 4.69) is 20.5 Å². The molecular weight excluding hydrogens is 420 g/mol. The van der Waals surface area contributed by atoms with Gasteiger partial charge in [0.2, 0.25) is 5.88 Å². The molecule has 10 heteroatoms.